The second kappa shape index (κ2) is 8.19. The van der Waals surface area contributed by atoms with Gasteiger partial charge in [-0.1, -0.05) is 0 Å². The Kier molecular flexibility index (Phi) is 5.94. The number of likely N-dealkylation sites (tertiary alicyclic amines) is 1. The number of carbonyl (C=O) groups is 2. The van der Waals surface area contributed by atoms with Gasteiger partial charge in [-0.2, -0.15) is 5.26 Å². The van der Waals surface area contributed by atoms with E-state index in [4.69, 9.17) is 0 Å². The van der Waals surface area contributed by atoms with Gasteiger partial charge in [0.15, 0.2) is 0 Å². The van der Waals surface area contributed by atoms with Crippen LogP contribution in [0.1, 0.15) is 41.7 Å². The van der Waals surface area contributed by atoms with Crippen molar-refractivity contribution in [2.24, 2.45) is 5.92 Å². The average molecular weight is 375 g/mol. The van der Waals surface area contributed by atoms with Crippen LogP contribution in [-0.2, 0) is 22.4 Å². The van der Waals surface area contributed by atoms with Crippen LogP contribution >= 0.6 is 11.3 Å². The third-order valence-corrected chi connectivity index (χ3v) is 6.35. The highest BCUT2D eigenvalue weighted by Gasteiger charge is 2.34. The first-order valence-electron chi connectivity index (χ1n) is 9.27. The minimum Gasteiger partial charge on any atom is -0.342 e. The van der Waals surface area contributed by atoms with E-state index in [1.807, 2.05) is 14.1 Å². The van der Waals surface area contributed by atoms with Crippen LogP contribution in [0.4, 0.5) is 5.00 Å². The normalized spacial score (nSPS) is 19.5. The lowest BCUT2D eigenvalue weighted by molar-refractivity contribution is -0.128. The van der Waals surface area contributed by atoms with Crippen molar-refractivity contribution in [3.8, 4) is 6.07 Å². The molecule has 0 aromatic carbocycles. The van der Waals surface area contributed by atoms with E-state index in [0.717, 1.165) is 44.2 Å². The molecule has 0 saturated carbocycles. The molecule has 0 radical (unpaired) electrons. The first kappa shape index (κ1) is 18.9. The average Bonchev–Trinajstić information content (AvgIpc) is 3.14. The number of nitrogens with zero attached hydrogens (tertiary/aromatic N) is 3. The molecule has 7 heteroatoms. The first-order chi connectivity index (χ1) is 12.5. The van der Waals surface area contributed by atoms with Gasteiger partial charge in [-0.25, -0.2) is 0 Å². The van der Waals surface area contributed by atoms with Crippen LogP contribution < -0.4 is 5.32 Å². The molecule has 1 aromatic heterocycles. The van der Waals surface area contributed by atoms with Crippen LogP contribution in [0, 0.1) is 17.2 Å². The van der Waals surface area contributed by atoms with Crippen LogP contribution in [0.5, 0.6) is 0 Å². The van der Waals surface area contributed by atoms with Gasteiger partial charge < -0.3 is 15.1 Å². The number of nitriles is 1. The fraction of sp³-hybridized carbons (Fsp3) is 0.632. The van der Waals surface area contributed by atoms with E-state index in [-0.39, 0.29) is 24.2 Å². The number of aryl methyl sites for hydroxylation is 1. The van der Waals surface area contributed by atoms with Crippen LogP contribution in [0.25, 0.3) is 0 Å². The predicted octanol–water partition coefficient (Wildman–Crippen LogP) is 2.24. The lowest BCUT2D eigenvalue weighted by Crippen LogP contribution is -2.30. The molecule has 1 aliphatic carbocycles. The smallest absolute Gasteiger partial charge is 0.230 e. The summed E-state index contributed by atoms with van der Waals surface area (Å²) < 4.78 is 0. The molecule has 1 saturated heterocycles. The fourth-order valence-electron chi connectivity index (χ4n) is 3.73. The molecule has 1 N–H and O–H groups in total. The van der Waals surface area contributed by atoms with E-state index in [1.165, 1.54) is 16.2 Å². The van der Waals surface area contributed by atoms with Gasteiger partial charge in [0, 0.05) is 24.4 Å². The first-order valence-corrected chi connectivity index (χ1v) is 10.1. The van der Waals surface area contributed by atoms with Gasteiger partial charge in [0.1, 0.15) is 11.1 Å². The monoisotopic (exact) mass is 374 g/mol. The van der Waals surface area contributed by atoms with Crippen LogP contribution in [-0.4, -0.2) is 55.3 Å². The summed E-state index contributed by atoms with van der Waals surface area (Å²) in [6.07, 6.45) is 5.33. The Morgan fingerprint density at radius 3 is 2.88 bits per heavy atom. The van der Waals surface area contributed by atoms with Gasteiger partial charge in [0.05, 0.1) is 11.5 Å². The number of fused-ring (bicyclic) bond motifs is 1. The summed E-state index contributed by atoms with van der Waals surface area (Å²) in [7, 11) is 4.02. The molecule has 26 heavy (non-hydrogen) atoms. The van der Waals surface area contributed by atoms with E-state index < -0.39 is 0 Å². The summed E-state index contributed by atoms with van der Waals surface area (Å²) in [4.78, 5) is 30.0. The Morgan fingerprint density at radius 1 is 1.38 bits per heavy atom. The summed E-state index contributed by atoms with van der Waals surface area (Å²) in [5, 5.41) is 13.1. The number of anilines is 1. The number of carbonyl (C=O) groups excluding carboxylic acids is 2. The van der Waals surface area contributed by atoms with E-state index in [1.54, 1.807) is 4.90 Å². The summed E-state index contributed by atoms with van der Waals surface area (Å²) in [6.45, 7) is 2.09. The Hall–Kier alpha value is -1.91. The second-order valence-corrected chi connectivity index (χ2v) is 8.52. The fourth-order valence-corrected chi connectivity index (χ4v) is 4.97. The van der Waals surface area contributed by atoms with Crippen LogP contribution in [0.2, 0.25) is 0 Å². The van der Waals surface area contributed by atoms with Gasteiger partial charge in [-0.15, -0.1) is 11.3 Å². The Morgan fingerprint density at radius 2 is 2.15 bits per heavy atom. The maximum atomic E-state index is 12.7. The molecule has 1 fully saturated rings. The predicted molar refractivity (Wildman–Crippen MR) is 102 cm³/mol. The van der Waals surface area contributed by atoms with Crippen molar-refractivity contribution < 1.29 is 9.59 Å². The van der Waals surface area contributed by atoms with Crippen molar-refractivity contribution in [3.63, 3.8) is 0 Å². The third kappa shape index (κ3) is 4.08. The zero-order valence-electron chi connectivity index (χ0n) is 15.5. The number of nitrogens with one attached hydrogen (secondary N) is 1. The van der Waals surface area contributed by atoms with Crippen LogP contribution in [0.3, 0.4) is 0 Å². The van der Waals surface area contributed by atoms with Gasteiger partial charge in [-0.05, 0) is 58.3 Å². The van der Waals surface area contributed by atoms with Gasteiger partial charge in [0.2, 0.25) is 11.8 Å². The van der Waals surface area contributed by atoms with Crippen molar-refractivity contribution >= 4 is 28.2 Å². The van der Waals surface area contributed by atoms with E-state index in [0.29, 0.717) is 23.7 Å². The highest BCUT2D eigenvalue weighted by Crippen LogP contribution is 2.38. The van der Waals surface area contributed by atoms with Crippen LogP contribution in [0.15, 0.2) is 0 Å². The summed E-state index contributed by atoms with van der Waals surface area (Å²) in [6, 6.07) is 2.27. The lowest BCUT2D eigenvalue weighted by atomic mass is 9.96. The van der Waals surface area contributed by atoms with Gasteiger partial charge in [-0.3, -0.25) is 9.59 Å². The van der Waals surface area contributed by atoms with E-state index in [2.05, 4.69) is 16.3 Å². The molecular weight excluding hydrogens is 348 g/mol. The molecule has 2 aliphatic rings. The Balaban J connectivity index is 1.62. The quantitative estimate of drug-likeness (QED) is 0.828. The number of hydrogen-bond donors (Lipinski definition) is 1. The Bertz CT molecular complexity index is 735. The molecule has 3 rings (SSSR count). The largest absolute Gasteiger partial charge is 0.342 e. The van der Waals surface area contributed by atoms with E-state index in [9.17, 15) is 14.9 Å². The SMILES string of the molecule is CN(C)CCCN1CC(C(=O)Nc2sc3c(c2C#N)CCCC3)CC1=O. The summed E-state index contributed by atoms with van der Waals surface area (Å²) in [5.41, 5.74) is 1.75. The lowest BCUT2D eigenvalue weighted by Gasteiger charge is -2.18. The van der Waals surface area contributed by atoms with Crippen molar-refractivity contribution in [2.75, 3.05) is 39.0 Å². The van der Waals surface area contributed by atoms with Crippen molar-refractivity contribution in [2.45, 2.75) is 38.5 Å². The number of thiophene rings is 1. The molecular formula is C19H26N4O2S. The molecule has 2 heterocycles. The molecule has 1 unspecified atom stereocenters. The molecule has 1 aliphatic heterocycles. The maximum absolute atomic E-state index is 12.7. The molecule has 140 valence electrons. The number of rotatable bonds is 6. The van der Waals surface area contributed by atoms with Crippen molar-refractivity contribution in [1.82, 2.24) is 9.80 Å². The van der Waals surface area contributed by atoms with Gasteiger partial charge >= 0.3 is 0 Å². The van der Waals surface area contributed by atoms with Crippen molar-refractivity contribution in [1.29, 1.82) is 5.26 Å². The van der Waals surface area contributed by atoms with E-state index >= 15 is 0 Å². The highest BCUT2D eigenvalue weighted by molar-refractivity contribution is 7.16. The second-order valence-electron chi connectivity index (χ2n) is 7.41. The maximum Gasteiger partial charge on any atom is 0.230 e. The topological polar surface area (TPSA) is 76.4 Å². The standard InChI is InChI=1S/C19H26N4O2S/c1-22(2)8-5-9-23-12-13(10-17(23)24)18(25)21-19-15(11-20)14-6-3-4-7-16(14)26-19/h13H,3-10,12H2,1-2H3,(H,21,25). The minimum atomic E-state index is -0.326. The summed E-state index contributed by atoms with van der Waals surface area (Å²) >= 11 is 1.53. The van der Waals surface area contributed by atoms with Crippen molar-refractivity contribution in [3.05, 3.63) is 16.0 Å². The molecule has 1 atom stereocenters. The molecule has 2 amide bonds. The zero-order chi connectivity index (χ0) is 18.7. The highest BCUT2D eigenvalue weighted by atomic mass is 32.1. The zero-order valence-corrected chi connectivity index (χ0v) is 16.3. The number of amides is 2. The Labute approximate surface area is 158 Å². The number of hydrogen-bond acceptors (Lipinski definition) is 5. The molecule has 1 aromatic rings. The third-order valence-electron chi connectivity index (χ3n) is 5.14. The molecule has 6 nitrogen and oxygen atoms in total. The summed E-state index contributed by atoms with van der Waals surface area (Å²) in [5.74, 6) is -0.411. The minimum absolute atomic E-state index is 0.0508. The molecule has 0 bridgehead atoms. The molecule has 0 spiro atoms. The van der Waals surface area contributed by atoms with Gasteiger partial charge in [0.25, 0.3) is 0 Å².